The molecule has 1 aromatic heterocycles. The molecule has 0 N–H and O–H groups in total. The lowest BCUT2D eigenvalue weighted by molar-refractivity contribution is -0.138. The van der Waals surface area contributed by atoms with Crippen LogP contribution in [0.15, 0.2) is 15.7 Å². The van der Waals surface area contributed by atoms with E-state index in [0.717, 1.165) is 49.3 Å². The van der Waals surface area contributed by atoms with Crippen molar-refractivity contribution in [1.82, 2.24) is 18.9 Å². The second-order valence-electron chi connectivity index (χ2n) is 7.31. The van der Waals surface area contributed by atoms with Gasteiger partial charge in [-0.1, -0.05) is 19.3 Å². The van der Waals surface area contributed by atoms with Crippen LogP contribution in [-0.4, -0.2) is 51.0 Å². The van der Waals surface area contributed by atoms with Gasteiger partial charge in [0.25, 0.3) is 5.56 Å². The molecule has 2 fully saturated rings. The van der Waals surface area contributed by atoms with Gasteiger partial charge in [0.05, 0.1) is 0 Å². The number of rotatable bonds is 3. The Balaban J connectivity index is 1.59. The third kappa shape index (κ3) is 3.86. The molecule has 7 heteroatoms. The Morgan fingerprint density at radius 2 is 1.64 bits per heavy atom. The van der Waals surface area contributed by atoms with Crippen LogP contribution in [0.5, 0.6) is 0 Å². The first kappa shape index (κ1) is 17.9. The first-order valence-corrected chi connectivity index (χ1v) is 9.24. The van der Waals surface area contributed by atoms with Gasteiger partial charge in [0.15, 0.2) is 0 Å². The van der Waals surface area contributed by atoms with Crippen molar-refractivity contribution in [3.8, 4) is 0 Å². The van der Waals surface area contributed by atoms with Crippen molar-refractivity contribution in [1.29, 1.82) is 0 Å². The van der Waals surface area contributed by atoms with E-state index in [-0.39, 0.29) is 17.2 Å². The maximum atomic E-state index is 12.6. The molecule has 1 aliphatic carbocycles. The van der Waals surface area contributed by atoms with Crippen molar-refractivity contribution in [2.75, 3.05) is 26.2 Å². The van der Waals surface area contributed by atoms with E-state index < -0.39 is 0 Å². The van der Waals surface area contributed by atoms with Crippen molar-refractivity contribution in [2.45, 2.75) is 38.6 Å². The molecule has 2 heterocycles. The molecule has 0 unspecified atom stereocenters. The molecule has 0 spiro atoms. The molecular weight excluding hydrogens is 320 g/mol. The summed E-state index contributed by atoms with van der Waals surface area (Å²) in [7, 11) is 3.18. The molecule has 7 nitrogen and oxygen atoms in total. The third-order valence-corrected chi connectivity index (χ3v) is 5.65. The fourth-order valence-electron chi connectivity index (χ4n) is 3.89. The Morgan fingerprint density at radius 1 is 1.00 bits per heavy atom. The Labute approximate surface area is 147 Å². The molecule has 1 amide bonds. The van der Waals surface area contributed by atoms with Gasteiger partial charge >= 0.3 is 5.69 Å². The zero-order chi connectivity index (χ0) is 18.0. The number of hydrogen-bond acceptors (Lipinski definition) is 4. The molecule has 25 heavy (non-hydrogen) atoms. The highest BCUT2D eigenvalue weighted by atomic mass is 16.2. The maximum absolute atomic E-state index is 12.6. The summed E-state index contributed by atoms with van der Waals surface area (Å²) in [4.78, 5) is 40.7. The molecule has 0 aromatic carbocycles. The minimum absolute atomic E-state index is 0.221. The topological polar surface area (TPSA) is 67.5 Å². The van der Waals surface area contributed by atoms with Gasteiger partial charge in [-0.15, -0.1) is 0 Å². The molecule has 1 saturated carbocycles. The highest BCUT2D eigenvalue weighted by Crippen LogP contribution is 2.25. The summed E-state index contributed by atoms with van der Waals surface area (Å²) < 4.78 is 2.64. The summed E-state index contributed by atoms with van der Waals surface area (Å²) in [6.45, 7) is 3.58. The molecule has 2 aliphatic rings. The Bertz CT molecular complexity index is 738. The molecule has 0 bridgehead atoms. The largest absolute Gasteiger partial charge is 0.340 e. The summed E-state index contributed by atoms with van der Waals surface area (Å²) in [5.74, 6) is 0.540. The fourth-order valence-corrected chi connectivity index (χ4v) is 3.89. The number of piperazine rings is 1. The van der Waals surface area contributed by atoms with Gasteiger partial charge in [-0.05, 0) is 12.8 Å². The van der Waals surface area contributed by atoms with E-state index in [2.05, 4.69) is 4.90 Å². The monoisotopic (exact) mass is 348 g/mol. The van der Waals surface area contributed by atoms with Crippen molar-refractivity contribution in [3.05, 3.63) is 32.6 Å². The van der Waals surface area contributed by atoms with Crippen molar-refractivity contribution in [2.24, 2.45) is 20.0 Å². The van der Waals surface area contributed by atoms with Gasteiger partial charge in [0, 0.05) is 64.5 Å². The number of carbonyl (C=O) groups excluding carboxylic acids is 1. The standard InChI is InChI=1S/C18H28N4O3/c1-19-15(12-16(23)20(2)18(19)25)13-21-8-10-22(11-9-21)17(24)14-6-4-3-5-7-14/h12,14H,3-11,13H2,1-2H3. The summed E-state index contributed by atoms with van der Waals surface area (Å²) >= 11 is 0. The quantitative estimate of drug-likeness (QED) is 0.788. The Kier molecular flexibility index (Phi) is 5.42. The molecule has 0 radical (unpaired) electrons. The zero-order valence-corrected chi connectivity index (χ0v) is 15.2. The number of hydrogen-bond donors (Lipinski definition) is 0. The Hall–Kier alpha value is -1.89. The molecule has 1 aromatic rings. The summed E-state index contributed by atoms with van der Waals surface area (Å²) in [6.07, 6.45) is 5.68. The predicted octanol–water partition coefficient (Wildman–Crippen LogP) is 0.309. The Morgan fingerprint density at radius 3 is 2.28 bits per heavy atom. The second kappa shape index (κ2) is 7.56. The first-order valence-electron chi connectivity index (χ1n) is 9.24. The lowest BCUT2D eigenvalue weighted by Gasteiger charge is -2.37. The van der Waals surface area contributed by atoms with E-state index in [1.54, 1.807) is 7.05 Å². The molecular formula is C18H28N4O3. The van der Waals surface area contributed by atoms with Gasteiger partial charge in [-0.2, -0.15) is 0 Å². The minimum Gasteiger partial charge on any atom is -0.340 e. The van der Waals surface area contributed by atoms with Gasteiger partial charge in [-0.25, -0.2) is 4.79 Å². The summed E-state index contributed by atoms with van der Waals surface area (Å²) in [6, 6.07) is 1.53. The van der Waals surface area contributed by atoms with E-state index in [0.29, 0.717) is 12.5 Å². The molecule has 138 valence electrons. The van der Waals surface area contributed by atoms with E-state index in [9.17, 15) is 14.4 Å². The van der Waals surface area contributed by atoms with Crippen LogP contribution in [-0.2, 0) is 25.4 Å². The van der Waals surface area contributed by atoms with E-state index in [1.165, 1.54) is 36.9 Å². The van der Waals surface area contributed by atoms with Crippen LogP contribution in [0.3, 0.4) is 0 Å². The van der Waals surface area contributed by atoms with Crippen LogP contribution in [0, 0.1) is 5.92 Å². The average molecular weight is 348 g/mol. The van der Waals surface area contributed by atoms with Crippen molar-refractivity contribution in [3.63, 3.8) is 0 Å². The van der Waals surface area contributed by atoms with Crippen LogP contribution in [0.25, 0.3) is 0 Å². The summed E-state index contributed by atoms with van der Waals surface area (Å²) in [5.41, 5.74) is 0.151. The van der Waals surface area contributed by atoms with E-state index >= 15 is 0 Å². The van der Waals surface area contributed by atoms with Crippen molar-refractivity contribution < 1.29 is 4.79 Å². The molecule has 1 saturated heterocycles. The first-order chi connectivity index (χ1) is 12.0. The fraction of sp³-hybridized carbons (Fsp3) is 0.722. The highest BCUT2D eigenvalue weighted by molar-refractivity contribution is 5.79. The number of carbonyl (C=O) groups is 1. The average Bonchev–Trinajstić information content (AvgIpc) is 2.65. The number of nitrogens with zero attached hydrogens (tertiary/aromatic N) is 4. The lowest BCUT2D eigenvalue weighted by Crippen LogP contribution is -2.50. The maximum Gasteiger partial charge on any atom is 0.330 e. The van der Waals surface area contributed by atoms with Crippen LogP contribution >= 0.6 is 0 Å². The normalized spacial score (nSPS) is 20.0. The van der Waals surface area contributed by atoms with Crippen LogP contribution < -0.4 is 11.2 Å². The van der Waals surface area contributed by atoms with Crippen molar-refractivity contribution >= 4 is 5.91 Å². The SMILES string of the molecule is Cn1c(CN2CCN(C(=O)C3CCCCC3)CC2)cc(=O)n(C)c1=O. The second-order valence-corrected chi connectivity index (χ2v) is 7.31. The van der Waals surface area contributed by atoms with Gasteiger partial charge in [0.2, 0.25) is 5.91 Å². The van der Waals surface area contributed by atoms with E-state index in [4.69, 9.17) is 0 Å². The number of amides is 1. The van der Waals surface area contributed by atoms with E-state index in [1.807, 2.05) is 4.90 Å². The van der Waals surface area contributed by atoms with Crippen LogP contribution in [0.2, 0.25) is 0 Å². The summed E-state index contributed by atoms with van der Waals surface area (Å²) in [5, 5.41) is 0. The predicted molar refractivity (Wildman–Crippen MR) is 95.4 cm³/mol. The zero-order valence-electron chi connectivity index (χ0n) is 15.2. The van der Waals surface area contributed by atoms with Gasteiger partial charge < -0.3 is 4.90 Å². The third-order valence-electron chi connectivity index (χ3n) is 5.65. The van der Waals surface area contributed by atoms with Crippen LogP contribution in [0.1, 0.15) is 37.8 Å². The minimum atomic E-state index is -0.298. The molecule has 3 rings (SSSR count). The molecule has 0 atom stereocenters. The van der Waals surface area contributed by atoms with Gasteiger partial charge in [0.1, 0.15) is 0 Å². The van der Waals surface area contributed by atoms with Crippen LogP contribution in [0.4, 0.5) is 0 Å². The molecule has 1 aliphatic heterocycles. The highest BCUT2D eigenvalue weighted by Gasteiger charge is 2.28. The lowest BCUT2D eigenvalue weighted by atomic mass is 9.88. The van der Waals surface area contributed by atoms with Gasteiger partial charge in [-0.3, -0.25) is 23.6 Å². The number of aromatic nitrogens is 2. The smallest absolute Gasteiger partial charge is 0.330 e.